The molecular formula is C18H21BrO2. The third kappa shape index (κ3) is 4.01. The largest absolute Gasteiger partial charge is 0.496 e. The van der Waals surface area contributed by atoms with Crippen LogP contribution in [0.4, 0.5) is 0 Å². The van der Waals surface area contributed by atoms with Crippen molar-refractivity contribution in [1.82, 2.24) is 0 Å². The second-order valence-corrected chi connectivity index (χ2v) is 6.24. The van der Waals surface area contributed by atoms with Gasteiger partial charge in [-0.2, -0.15) is 0 Å². The number of alkyl halides is 1. The quantitative estimate of drug-likeness (QED) is 0.684. The van der Waals surface area contributed by atoms with Crippen LogP contribution in [0.25, 0.3) is 0 Å². The topological polar surface area (TPSA) is 18.5 Å². The van der Waals surface area contributed by atoms with Crippen LogP contribution in [0, 0.1) is 6.92 Å². The molecule has 2 aromatic carbocycles. The Bertz CT molecular complexity index is 591. The number of hydrogen-bond acceptors (Lipinski definition) is 2. The summed E-state index contributed by atoms with van der Waals surface area (Å²) in [5, 5.41) is 0. The molecule has 3 heteroatoms. The maximum absolute atomic E-state index is 5.67. The Labute approximate surface area is 135 Å². The molecule has 2 rings (SSSR count). The molecule has 0 N–H and O–H groups in total. The number of ether oxygens (including phenoxy) is 2. The zero-order valence-corrected chi connectivity index (χ0v) is 14.5. The second kappa shape index (κ2) is 6.99. The fraction of sp³-hybridized carbons (Fsp3) is 0.333. The van der Waals surface area contributed by atoms with Crippen LogP contribution >= 0.6 is 15.9 Å². The molecule has 0 amide bonds. The minimum atomic E-state index is 0.139. The highest BCUT2D eigenvalue weighted by molar-refractivity contribution is 9.09. The Morgan fingerprint density at radius 3 is 2.14 bits per heavy atom. The van der Waals surface area contributed by atoms with Crippen molar-refractivity contribution in [2.24, 2.45) is 0 Å². The molecule has 0 aromatic heterocycles. The normalized spacial score (nSPS) is 12.3. The third-order valence-electron chi connectivity index (χ3n) is 3.27. The van der Waals surface area contributed by atoms with E-state index in [0.29, 0.717) is 0 Å². The molecule has 2 aromatic rings. The van der Waals surface area contributed by atoms with E-state index < -0.39 is 0 Å². The van der Waals surface area contributed by atoms with Gasteiger partial charge in [-0.25, -0.2) is 0 Å². The van der Waals surface area contributed by atoms with Crippen LogP contribution in [-0.2, 0) is 0 Å². The fourth-order valence-corrected chi connectivity index (χ4v) is 2.76. The van der Waals surface area contributed by atoms with Crippen molar-refractivity contribution in [3.8, 4) is 11.5 Å². The molecule has 21 heavy (non-hydrogen) atoms. The molecule has 0 heterocycles. The molecule has 0 fully saturated rings. The lowest BCUT2D eigenvalue weighted by atomic mass is 10.0. The summed E-state index contributed by atoms with van der Waals surface area (Å²) >= 11 is 3.76. The number of benzene rings is 2. The summed E-state index contributed by atoms with van der Waals surface area (Å²) in [6, 6.07) is 14.5. The van der Waals surface area contributed by atoms with Gasteiger partial charge in [-0.3, -0.25) is 0 Å². The summed E-state index contributed by atoms with van der Waals surface area (Å²) < 4.78 is 11.1. The number of rotatable bonds is 5. The third-order valence-corrected chi connectivity index (χ3v) is 4.33. The molecule has 1 atom stereocenters. The monoisotopic (exact) mass is 348 g/mol. The summed E-state index contributed by atoms with van der Waals surface area (Å²) in [5.41, 5.74) is 3.51. The number of hydrogen-bond donors (Lipinski definition) is 0. The maximum Gasteiger partial charge on any atom is 0.122 e. The molecule has 0 aliphatic heterocycles. The van der Waals surface area contributed by atoms with Crippen LogP contribution in [0.1, 0.15) is 35.4 Å². The minimum absolute atomic E-state index is 0.139. The minimum Gasteiger partial charge on any atom is -0.496 e. The molecule has 0 aliphatic rings. The number of methoxy groups -OCH3 is 1. The first-order valence-corrected chi connectivity index (χ1v) is 7.98. The van der Waals surface area contributed by atoms with E-state index in [9.17, 15) is 0 Å². The van der Waals surface area contributed by atoms with Crippen molar-refractivity contribution in [3.63, 3.8) is 0 Å². The highest BCUT2D eigenvalue weighted by Crippen LogP contribution is 2.34. The average Bonchev–Trinajstić information content (AvgIpc) is 2.47. The van der Waals surface area contributed by atoms with E-state index in [0.717, 1.165) is 17.1 Å². The van der Waals surface area contributed by atoms with Crippen LogP contribution in [0.3, 0.4) is 0 Å². The van der Waals surface area contributed by atoms with Gasteiger partial charge in [-0.1, -0.05) is 40.2 Å². The second-order valence-electron chi connectivity index (χ2n) is 5.33. The molecule has 0 saturated heterocycles. The molecule has 2 nitrogen and oxygen atoms in total. The van der Waals surface area contributed by atoms with Crippen LogP contribution in [0.5, 0.6) is 11.5 Å². The SMILES string of the molecule is COc1cc(C(Br)c2ccc(OC(C)C)cc2)ccc1C. The first kappa shape index (κ1) is 15.9. The Kier molecular flexibility index (Phi) is 5.29. The summed E-state index contributed by atoms with van der Waals surface area (Å²) in [7, 11) is 1.70. The van der Waals surface area contributed by atoms with E-state index in [-0.39, 0.29) is 10.9 Å². The Balaban J connectivity index is 2.21. The first-order valence-electron chi connectivity index (χ1n) is 7.06. The van der Waals surface area contributed by atoms with Crippen molar-refractivity contribution in [2.75, 3.05) is 7.11 Å². The number of halogens is 1. The molecule has 0 saturated carbocycles. The first-order chi connectivity index (χ1) is 10.0. The van der Waals surface area contributed by atoms with Gasteiger partial charge in [-0.15, -0.1) is 0 Å². The van der Waals surface area contributed by atoms with E-state index in [1.54, 1.807) is 7.11 Å². The summed E-state index contributed by atoms with van der Waals surface area (Å²) in [6.07, 6.45) is 0.192. The van der Waals surface area contributed by atoms with E-state index in [1.165, 1.54) is 11.1 Å². The van der Waals surface area contributed by atoms with E-state index in [4.69, 9.17) is 9.47 Å². The maximum atomic E-state index is 5.67. The van der Waals surface area contributed by atoms with Crippen LogP contribution in [0.2, 0.25) is 0 Å². The lowest BCUT2D eigenvalue weighted by Crippen LogP contribution is -2.05. The molecule has 0 bridgehead atoms. The lowest BCUT2D eigenvalue weighted by molar-refractivity contribution is 0.242. The Morgan fingerprint density at radius 2 is 1.57 bits per heavy atom. The average molecular weight is 349 g/mol. The number of aryl methyl sites for hydroxylation is 1. The predicted molar refractivity (Wildman–Crippen MR) is 90.7 cm³/mol. The van der Waals surface area contributed by atoms with Crippen molar-refractivity contribution in [1.29, 1.82) is 0 Å². The Hall–Kier alpha value is -1.48. The van der Waals surface area contributed by atoms with Crippen molar-refractivity contribution in [3.05, 3.63) is 59.2 Å². The van der Waals surface area contributed by atoms with Gasteiger partial charge in [0, 0.05) is 0 Å². The van der Waals surface area contributed by atoms with E-state index in [1.807, 2.05) is 32.9 Å². The van der Waals surface area contributed by atoms with Gasteiger partial charge in [0.15, 0.2) is 0 Å². The van der Waals surface area contributed by atoms with Gasteiger partial charge in [-0.05, 0) is 55.7 Å². The zero-order chi connectivity index (χ0) is 15.4. The molecular weight excluding hydrogens is 328 g/mol. The van der Waals surface area contributed by atoms with E-state index in [2.05, 4.69) is 46.3 Å². The highest BCUT2D eigenvalue weighted by atomic mass is 79.9. The Morgan fingerprint density at radius 1 is 0.952 bits per heavy atom. The van der Waals surface area contributed by atoms with Crippen LogP contribution in [0.15, 0.2) is 42.5 Å². The summed E-state index contributed by atoms with van der Waals surface area (Å²) in [5.74, 6) is 1.81. The summed E-state index contributed by atoms with van der Waals surface area (Å²) in [6.45, 7) is 6.10. The molecule has 0 spiro atoms. The molecule has 0 radical (unpaired) electrons. The molecule has 0 aliphatic carbocycles. The van der Waals surface area contributed by atoms with Gasteiger partial charge >= 0.3 is 0 Å². The van der Waals surface area contributed by atoms with Gasteiger partial charge in [0.05, 0.1) is 18.0 Å². The lowest BCUT2D eigenvalue weighted by Gasteiger charge is -2.15. The van der Waals surface area contributed by atoms with Crippen molar-refractivity contribution < 1.29 is 9.47 Å². The van der Waals surface area contributed by atoms with Crippen LogP contribution < -0.4 is 9.47 Å². The van der Waals surface area contributed by atoms with Gasteiger partial charge in [0.2, 0.25) is 0 Å². The zero-order valence-electron chi connectivity index (χ0n) is 12.9. The summed E-state index contributed by atoms with van der Waals surface area (Å²) in [4.78, 5) is 0.139. The standard InChI is InChI=1S/C18H21BrO2/c1-12(2)21-16-9-7-14(8-10-16)18(19)15-6-5-13(3)17(11-15)20-4/h5-12,18H,1-4H3. The predicted octanol–water partition coefficient (Wildman–Crippen LogP) is 5.28. The van der Waals surface area contributed by atoms with Gasteiger partial charge in [0.1, 0.15) is 11.5 Å². The van der Waals surface area contributed by atoms with Gasteiger partial charge < -0.3 is 9.47 Å². The molecule has 112 valence electrons. The fourth-order valence-electron chi connectivity index (χ4n) is 2.17. The smallest absolute Gasteiger partial charge is 0.122 e. The van der Waals surface area contributed by atoms with Crippen molar-refractivity contribution in [2.45, 2.75) is 31.7 Å². The van der Waals surface area contributed by atoms with Crippen molar-refractivity contribution >= 4 is 15.9 Å². The van der Waals surface area contributed by atoms with Gasteiger partial charge in [0.25, 0.3) is 0 Å². The van der Waals surface area contributed by atoms with Crippen LogP contribution in [-0.4, -0.2) is 13.2 Å². The van der Waals surface area contributed by atoms with E-state index >= 15 is 0 Å². The molecule has 1 unspecified atom stereocenters. The highest BCUT2D eigenvalue weighted by Gasteiger charge is 2.12.